The highest BCUT2D eigenvalue weighted by Crippen LogP contribution is 2.15. The Morgan fingerprint density at radius 1 is 1.42 bits per heavy atom. The van der Waals surface area contributed by atoms with Crippen LogP contribution in [0.4, 0.5) is 10.7 Å². The van der Waals surface area contributed by atoms with Crippen LogP contribution in [0.1, 0.15) is 18.9 Å². The summed E-state index contributed by atoms with van der Waals surface area (Å²) in [5.74, 6) is 0.588. The van der Waals surface area contributed by atoms with Gasteiger partial charge in [0.25, 0.3) is 0 Å². The maximum atomic E-state index is 12.1. The molecule has 3 rings (SSSR count). The molecule has 8 heteroatoms. The number of anilines is 1. The number of carbonyl (C=O) groups is 1. The van der Waals surface area contributed by atoms with Crippen LogP contribution in [0.25, 0.3) is 0 Å². The van der Waals surface area contributed by atoms with E-state index in [0.717, 1.165) is 12.0 Å². The van der Waals surface area contributed by atoms with E-state index in [1.54, 1.807) is 0 Å². The van der Waals surface area contributed by atoms with Crippen LogP contribution in [0.15, 0.2) is 42.0 Å². The van der Waals surface area contributed by atoms with E-state index in [4.69, 9.17) is 4.74 Å². The minimum Gasteiger partial charge on any atom is -0.445 e. The number of nitrogens with one attached hydrogen (secondary N) is 2. The van der Waals surface area contributed by atoms with Crippen LogP contribution in [0, 0.1) is 0 Å². The van der Waals surface area contributed by atoms with Crippen LogP contribution in [0.2, 0.25) is 0 Å². The summed E-state index contributed by atoms with van der Waals surface area (Å²) in [5.41, 5.74) is 2.16. The molecule has 0 saturated carbocycles. The lowest BCUT2D eigenvalue weighted by atomic mass is 10.1. The lowest BCUT2D eigenvalue weighted by Gasteiger charge is -2.23. The Kier molecular flexibility index (Phi) is 5.05. The van der Waals surface area contributed by atoms with Crippen molar-refractivity contribution in [2.24, 2.45) is 0 Å². The molecule has 0 radical (unpaired) electrons. The second-order valence-corrected chi connectivity index (χ2v) is 5.79. The van der Waals surface area contributed by atoms with Gasteiger partial charge in [0.2, 0.25) is 5.95 Å². The molecule has 24 heavy (non-hydrogen) atoms. The maximum Gasteiger partial charge on any atom is 0.407 e. The average molecular weight is 328 g/mol. The smallest absolute Gasteiger partial charge is 0.407 e. The number of alkyl carbamates (subject to hydrolysis) is 1. The van der Waals surface area contributed by atoms with E-state index < -0.39 is 6.09 Å². The van der Waals surface area contributed by atoms with Crippen molar-refractivity contribution in [1.82, 2.24) is 25.9 Å². The SMILES string of the molecule is CC1=CCN(c2nnn[nH]2)CC(NC(=O)OCc2ccccc2)C1. The number of rotatable bonds is 4. The van der Waals surface area contributed by atoms with E-state index in [1.807, 2.05) is 42.2 Å². The van der Waals surface area contributed by atoms with E-state index in [2.05, 4.69) is 32.0 Å². The van der Waals surface area contributed by atoms with Gasteiger partial charge in [-0.25, -0.2) is 9.89 Å². The van der Waals surface area contributed by atoms with Gasteiger partial charge in [-0.2, -0.15) is 0 Å². The zero-order chi connectivity index (χ0) is 16.8. The number of nitrogens with zero attached hydrogens (tertiary/aromatic N) is 4. The standard InChI is InChI=1S/C16H20N6O2/c1-12-7-8-22(15-18-20-21-19-15)10-14(9-12)17-16(23)24-11-13-5-3-2-4-6-13/h2-7,14H,8-11H2,1H3,(H,17,23)(H,18,19,20,21). The van der Waals surface area contributed by atoms with Gasteiger partial charge in [-0.15, -0.1) is 0 Å². The molecule has 0 spiro atoms. The highest BCUT2D eigenvalue weighted by atomic mass is 16.5. The highest BCUT2D eigenvalue weighted by Gasteiger charge is 2.22. The van der Waals surface area contributed by atoms with E-state index in [-0.39, 0.29) is 12.6 Å². The molecule has 1 aromatic carbocycles. The Morgan fingerprint density at radius 2 is 2.25 bits per heavy atom. The molecular weight excluding hydrogens is 308 g/mol. The topological polar surface area (TPSA) is 96.0 Å². The molecule has 0 fully saturated rings. The van der Waals surface area contributed by atoms with E-state index in [0.29, 0.717) is 19.0 Å². The summed E-state index contributed by atoms with van der Waals surface area (Å²) in [4.78, 5) is 14.1. The Hall–Kier alpha value is -2.90. The predicted molar refractivity (Wildman–Crippen MR) is 88.3 cm³/mol. The molecule has 2 aromatic rings. The second kappa shape index (κ2) is 7.58. The number of hydrogen-bond donors (Lipinski definition) is 2. The van der Waals surface area contributed by atoms with Crippen molar-refractivity contribution in [3.05, 3.63) is 47.5 Å². The molecule has 126 valence electrons. The fraction of sp³-hybridized carbons (Fsp3) is 0.375. The molecule has 2 heterocycles. The van der Waals surface area contributed by atoms with E-state index in [1.165, 1.54) is 5.57 Å². The largest absolute Gasteiger partial charge is 0.445 e. The summed E-state index contributed by atoms with van der Waals surface area (Å²) in [6, 6.07) is 9.53. The van der Waals surface area contributed by atoms with E-state index in [9.17, 15) is 4.79 Å². The Morgan fingerprint density at radius 3 is 3.00 bits per heavy atom. The molecular formula is C16H20N6O2. The number of carbonyl (C=O) groups excluding carboxylic acids is 1. The van der Waals surface area contributed by atoms with Gasteiger partial charge in [-0.1, -0.05) is 47.1 Å². The predicted octanol–water partition coefficient (Wildman–Crippen LogP) is 1.65. The normalized spacial score (nSPS) is 17.8. The third-order valence-electron chi connectivity index (χ3n) is 3.84. The van der Waals surface area contributed by atoms with Crippen molar-refractivity contribution in [3.8, 4) is 0 Å². The van der Waals surface area contributed by atoms with Crippen LogP contribution in [-0.4, -0.2) is 45.8 Å². The zero-order valence-electron chi connectivity index (χ0n) is 13.5. The molecule has 0 saturated heterocycles. The van der Waals surface area contributed by atoms with Crippen molar-refractivity contribution in [1.29, 1.82) is 0 Å². The fourth-order valence-electron chi connectivity index (χ4n) is 2.63. The third kappa shape index (κ3) is 4.31. The summed E-state index contributed by atoms with van der Waals surface area (Å²) in [7, 11) is 0. The molecule has 0 bridgehead atoms. The molecule has 0 aliphatic carbocycles. The van der Waals surface area contributed by atoms with E-state index >= 15 is 0 Å². The summed E-state index contributed by atoms with van der Waals surface area (Å²) >= 11 is 0. The van der Waals surface area contributed by atoms with Crippen molar-refractivity contribution < 1.29 is 9.53 Å². The number of aromatic amines is 1. The zero-order valence-corrected chi connectivity index (χ0v) is 13.5. The molecule has 1 aliphatic heterocycles. The number of tetrazole rings is 1. The number of benzene rings is 1. The summed E-state index contributed by atoms with van der Waals surface area (Å²) in [5, 5.41) is 16.8. The first-order chi connectivity index (χ1) is 11.7. The average Bonchev–Trinajstić information content (AvgIpc) is 3.05. The van der Waals surface area contributed by atoms with Crippen molar-refractivity contribution in [2.75, 3.05) is 18.0 Å². The van der Waals surface area contributed by atoms with Gasteiger partial charge < -0.3 is 15.0 Å². The van der Waals surface area contributed by atoms with Crippen LogP contribution >= 0.6 is 0 Å². The molecule has 2 N–H and O–H groups in total. The molecule has 1 aliphatic rings. The Bertz CT molecular complexity index is 686. The third-order valence-corrected chi connectivity index (χ3v) is 3.84. The van der Waals surface area contributed by atoms with Gasteiger partial charge in [0.1, 0.15) is 6.61 Å². The maximum absolute atomic E-state index is 12.1. The molecule has 1 aromatic heterocycles. The number of amides is 1. The molecule has 1 unspecified atom stereocenters. The van der Waals surface area contributed by atoms with Gasteiger partial charge in [0.15, 0.2) is 0 Å². The quantitative estimate of drug-likeness (QED) is 0.829. The second-order valence-electron chi connectivity index (χ2n) is 5.79. The lowest BCUT2D eigenvalue weighted by molar-refractivity contribution is 0.136. The lowest BCUT2D eigenvalue weighted by Crippen LogP contribution is -2.43. The van der Waals surface area contributed by atoms with Gasteiger partial charge in [0, 0.05) is 13.1 Å². The minimum absolute atomic E-state index is 0.0721. The van der Waals surface area contributed by atoms with Crippen molar-refractivity contribution >= 4 is 12.0 Å². The van der Waals surface area contributed by atoms with Crippen molar-refractivity contribution in [3.63, 3.8) is 0 Å². The number of H-pyrrole nitrogens is 1. The summed E-state index contributed by atoms with van der Waals surface area (Å²) < 4.78 is 5.30. The van der Waals surface area contributed by atoms with Crippen LogP contribution in [-0.2, 0) is 11.3 Å². The highest BCUT2D eigenvalue weighted by molar-refractivity contribution is 5.67. The van der Waals surface area contributed by atoms with Crippen molar-refractivity contribution in [2.45, 2.75) is 26.0 Å². The van der Waals surface area contributed by atoms with Crippen LogP contribution < -0.4 is 10.2 Å². The number of aromatic nitrogens is 4. The monoisotopic (exact) mass is 328 g/mol. The first-order valence-electron chi connectivity index (χ1n) is 7.82. The van der Waals surface area contributed by atoms with Crippen LogP contribution in [0.5, 0.6) is 0 Å². The molecule has 1 atom stereocenters. The first-order valence-corrected chi connectivity index (χ1v) is 7.82. The van der Waals surface area contributed by atoms with Gasteiger partial charge in [-0.3, -0.25) is 0 Å². The number of hydrogen-bond acceptors (Lipinski definition) is 6. The first kappa shape index (κ1) is 16.0. The summed E-state index contributed by atoms with van der Waals surface area (Å²) in [6.07, 6.45) is 2.45. The molecule has 8 nitrogen and oxygen atoms in total. The number of ether oxygens (including phenoxy) is 1. The molecule has 1 amide bonds. The van der Waals surface area contributed by atoms with Gasteiger partial charge >= 0.3 is 6.09 Å². The Balaban J connectivity index is 1.56. The Labute approximate surface area is 139 Å². The van der Waals surface area contributed by atoms with Gasteiger partial charge in [0.05, 0.1) is 6.04 Å². The fourth-order valence-corrected chi connectivity index (χ4v) is 2.63. The van der Waals surface area contributed by atoms with Crippen LogP contribution in [0.3, 0.4) is 0 Å². The van der Waals surface area contributed by atoms with Gasteiger partial charge in [-0.05, 0) is 29.3 Å². The summed E-state index contributed by atoms with van der Waals surface area (Å²) in [6.45, 7) is 3.60. The minimum atomic E-state index is -0.422.